The van der Waals surface area contributed by atoms with Crippen molar-refractivity contribution in [2.75, 3.05) is 11.9 Å². The quantitative estimate of drug-likeness (QED) is 0.864. The van der Waals surface area contributed by atoms with Crippen LogP contribution in [0.4, 0.5) is 5.69 Å². The SMILES string of the molecule is CC(C)C(C)(O)CNc1ccc(Cl)cc1Cl. The smallest absolute Gasteiger partial charge is 0.0813 e. The topological polar surface area (TPSA) is 32.3 Å². The molecule has 2 nitrogen and oxygen atoms in total. The Morgan fingerprint density at radius 1 is 1.38 bits per heavy atom. The van der Waals surface area contributed by atoms with Gasteiger partial charge in [0.1, 0.15) is 0 Å². The summed E-state index contributed by atoms with van der Waals surface area (Å²) in [5.41, 5.74) is 0.0233. The summed E-state index contributed by atoms with van der Waals surface area (Å²) in [6.45, 7) is 6.21. The van der Waals surface area contributed by atoms with Gasteiger partial charge in [-0.3, -0.25) is 0 Å². The van der Waals surface area contributed by atoms with Crippen LogP contribution in [0.2, 0.25) is 10.0 Å². The molecule has 1 atom stereocenters. The Labute approximate surface area is 107 Å². The first-order valence-corrected chi connectivity index (χ1v) is 6.00. The van der Waals surface area contributed by atoms with Crippen LogP contribution in [-0.4, -0.2) is 17.3 Å². The summed E-state index contributed by atoms with van der Waals surface area (Å²) in [5.74, 6) is 0.172. The molecule has 0 aromatic heterocycles. The van der Waals surface area contributed by atoms with Crippen LogP contribution in [0.25, 0.3) is 0 Å². The van der Waals surface area contributed by atoms with Crippen LogP contribution in [0.5, 0.6) is 0 Å². The minimum atomic E-state index is -0.761. The molecule has 0 bridgehead atoms. The maximum atomic E-state index is 10.1. The van der Waals surface area contributed by atoms with Crippen molar-refractivity contribution in [2.24, 2.45) is 5.92 Å². The summed E-state index contributed by atoms with van der Waals surface area (Å²) < 4.78 is 0. The average molecular weight is 262 g/mol. The molecule has 4 heteroatoms. The summed E-state index contributed by atoms with van der Waals surface area (Å²) in [4.78, 5) is 0. The molecule has 0 radical (unpaired) electrons. The van der Waals surface area contributed by atoms with Gasteiger partial charge in [0.05, 0.1) is 16.3 Å². The Morgan fingerprint density at radius 2 is 2.00 bits per heavy atom. The van der Waals surface area contributed by atoms with Gasteiger partial charge in [0.15, 0.2) is 0 Å². The molecule has 0 aliphatic carbocycles. The van der Waals surface area contributed by atoms with Crippen molar-refractivity contribution in [2.45, 2.75) is 26.4 Å². The number of halogens is 2. The van der Waals surface area contributed by atoms with Crippen LogP contribution in [-0.2, 0) is 0 Å². The van der Waals surface area contributed by atoms with Gasteiger partial charge < -0.3 is 10.4 Å². The monoisotopic (exact) mass is 261 g/mol. The molecule has 0 amide bonds. The van der Waals surface area contributed by atoms with Crippen LogP contribution in [0.3, 0.4) is 0 Å². The van der Waals surface area contributed by atoms with E-state index in [2.05, 4.69) is 5.32 Å². The van der Waals surface area contributed by atoms with Crippen molar-refractivity contribution in [1.29, 1.82) is 0 Å². The van der Waals surface area contributed by atoms with Gasteiger partial charge in [-0.2, -0.15) is 0 Å². The number of anilines is 1. The molecule has 2 N–H and O–H groups in total. The van der Waals surface area contributed by atoms with Gasteiger partial charge in [-0.25, -0.2) is 0 Å². The van der Waals surface area contributed by atoms with Gasteiger partial charge in [-0.05, 0) is 31.0 Å². The molecule has 1 aromatic carbocycles. The highest BCUT2D eigenvalue weighted by Crippen LogP contribution is 2.26. The molecule has 90 valence electrons. The minimum absolute atomic E-state index is 0.172. The molecule has 0 aliphatic rings. The Kier molecular flexibility index (Phi) is 4.48. The van der Waals surface area contributed by atoms with E-state index in [0.29, 0.717) is 16.6 Å². The molecule has 1 unspecified atom stereocenters. The first-order valence-electron chi connectivity index (χ1n) is 5.24. The van der Waals surface area contributed by atoms with Gasteiger partial charge in [0.2, 0.25) is 0 Å². The van der Waals surface area contributed by atoms with E-state index >= 15 is 0 Å². The fraction of sp³-hybridized carbons (Fsp3) is 0.500. The fourth-order valence-electron chi connectivity index (χ4n) is 1.11. The van der Waals surface area contributed by atoms with Crippen molar-refractivity contribution in [1.82, 2.24) is 0 Å². The van der Waals surface area contributed by atoms with Gasteiger partial charge in [0.25, 0.3) is 0 Å². The highest BCUT2D eigenvalue weighted by molar-refractivity contribution is 6.36. The van der Waals surface area contributed by atoms with Gasteiger partial charge in [-0.15, -0.1) is 0 Å². The maximum absolute atomic E-state index is 10.1. The summed E-state index contributed by atoms with van der Waals surface area (Å²) in [7, 11) is 0. The van der Waals surface area contributed by atoms with Gasteiger partial charge in [-0.1, -0.05) is 37.0 Å². The molecule has 0 saturated carbocycles. The Bertz CT molecular complexity index is 364. The third-order valence-corrected chi connectivity index (χ3v) is 3.36. The number of benzene rings is 1. The fourth-order valence-corrected chi connectivity index (χ4v) is 1.59. The summed E-state index contributed by atoms with van der Waals surface area (Å²) in [6, 6.07) is 5.25. The normalized spacial score (nSPS) is 14.9. The number of hydrogen-bond acceptors (Lipinski definition) is 2. The molecular weight excluding hydrogens is 245 g/mol. The van der Waals surface area contributed by atoms with Crippen molar-refractivity contribution in [3.8, 4) is 0 Å². The number of nitrogens with one attached hydrogen (secondary N) is 1. The van der Waals surface area contributed by atoms with Crippen LogP contribution >= 0.6 is 23.2 Å². The Balaban J connectivity index is 2.68. The van der Waals surface area contributed by atoms with E-state index < -0.39 is 5.60 Å². The van der Waals surface area contributed by atoms with Gasteiger partial charge >= 0.3 is 0 Å². The zero-order valence-corrected chi connectivity index (χ0v) is 11.2. The van der Waals surface area contributed by atoms with Crippen LogP contribution in [0, 0.1) is 5.92 Å². The molecule has 16 heavy (non-hydrogen) atoms. The molecule has 0 aliphatic heterocycles. The van der Waals surface area contributed by atoms with E-state index in [1.807, 2.05) is 13.8 Å². The molecule has 0 spiro atoms. The van der Waals surface area contributed by atoms with E-state index in [9.17, 15) is 5.11 Å². The van der Waals surface area contributed by atoms with Crippen LogP contribution in [0.15, 0.2) is 18.2 Å². The zero-order chi connectivity index (χ0) is 12.3. The number of rotatable bonds is 4. The summed E-state index contributed by atoms with van der Waals surface area (Å²) in [6.07, 6.45) is 0. The molecule has 0 saturated heterocycles. The Morgan fingerprint density at radius 3 is 2.50 bits per heavy atom. The number of aliphatic hydroxyl groups is 1. The van der Waals surface area contributed by atoms with E-state index in [-0.39, 0.29) is 5.92 Å². The molecule has 1 rings (SSSR count). The van der Waals surface area contributed by atoms with E-state index in [4.69, 9.17) is 23.2 Å². The Hall–Kier alpha value is -0.440. The summed E-state index contributed by atoms with van der Waals surface area (Å²) in [5, 5.41) is 14.4. The second-order valence-electron chi connectivity index (χ2n) is 4.49. The van der Waals surface area contributed by atoms with Gasteiger partial charge in [0, 0.05) is 11.6 Å². The standard InChI is InChI=1S/C12H17Cl2NO/c1-8(2)12(3,16)7-15-11-5-4-9(13)6-10(11)14/h4-6,8,15-16H,7H2,1-3H3. The third kappa shape index (κ3) is 3.55. The summed E-state index contributed by atoms with van der Waals surface area (Å²) >= 11 is 11.8. The lowest BCUT2D eigenvalue weighted by Crippen LogP contribution is -2.38. The van der Waals surface area contributed by atoms with Crippen molar-refractivity contribution >= 4 is 28.9 Å². The van der Waals surface area contributed by atoms with Crippen molar-refractivity contribution in [3.63, 3.8) is 0 Å². The van der Waals surface area contributed by atoms with E-state index in [1.54, 1.807) is 25.1 Å². The molecule has 1 aromatic rings. The predicted octanol–water partition coefficient (Wildman–Crippen LogP) is 3.81. The van der Waals surface area contributed by atoms with Crippen LogP contribution in [0.1, 0.15) is 20.8 Å². The van der Waals surface area contributed by atoms with Crippen molar-refractivity contribution in [3.05, 3.63) is 28.2 Å². The first kappa shape index (κ1) is 13.6. The first-order chi connectivity index (χ1) is 7.33. The highest BCUT2D eigenvalue weighted by atomic mass is 35.5. The second kappa shape index (κ2) is 5.26. The van der Waals surface area contributed by atoms with Crippen LogP contribution < -0.4 is 5.32 Å². The highest BCUT2D eigenvalue weighted by Gasteiger charge is 2.24. The van der Waals surface area contributed by atoms with E-state index in [1.165, 1.54) is 0 Å². The number of hydrogen-bond donors (Lipinski definition) is 2. The predicted molar refractivity (Wildman–Crippen MR) is 70.4 cm³/mol. The molecule has 0 heterocycles. The van der Waals surface area contributed by atoms with E-state index in [0.717, 1.165) is 5.69 Å². The van der Waals surface area contributed by atoms with Crippen molar-refractivity contribution < 1.29 is 5.11 Å². The third-order valence-electron chi connectivity index (χ3n) is 2.81. The minimum Gasteiger partial charge on any atom is -0.388 e. The lowest BCUT2D eigenvalue weighted by Gasteiger charge is -2.28. The second-order valence-corrected chi connectivity index (χ2v) is 5.33. The lowest BCUT2D eigenvalue weighted by atomic mass is 9.92. The zero-order valence-electron chi connectivity index (χ0n) is 9.72. The average Bonchev–Trinajstić information content (AvgIpc) is 2.16. The molecule has 0 fully saturated rings. The lowest BCUT2D eigenvalue weighted by molar-refractivity contribution is 0.0266. The molecular formula is C12H17Cl2NO. The maximum Gasteiger partial charge on any atom is 0.0813 e. The largest absolute Gasteiger partial charge is 0.388 e.